The van der Waals surface area contributed by atoms with E-state index in [0.29, 0.717) is 24.6 Å². The normalized spacial score (nSPS) is 9.89. The molecule has 0 unspecified atom stereocenters. The van der Waals surface area contributed by atoms with E-state index < -0.39 is 0 Å². The summed E-state index contributed by atoms with van der Waals surface area (Å²) in [5, 5.41) is 8.72. The van der Waals surface area contributed by atoms with E-state index in [4.69, 9.17) is 5.73 Å². The number of carbonyl (C=O) groups is 1. The van der Waals surface area contributed by atoms with Gasteiger partial charge in [0.1, 0.15) is 11.6 Å². The molecule has 7 heteroatoms. The second kappa shape index (κ2) is 7.31. The molecule has 0 aliphatic carbocycles. The summed E-state index contributed by atoms with van der Waals surface area (Å²) in [6.45, 7) is 3.40. The van der Waals surface area contributed by atoms with E-state index >= 15 is 0 Å². The van der Waals surface area contributed by atoms with Gasteiger partial charge in [-0.3, -0.25) is 4.79 Å². The van der Waals surface area contributed by atoms with Crippen LogP contribution in [0.1, 0.15) is 19.8 Å². The molecule has 1 amide bonds. The van der Waals surface area contributed by atoms with Gasteiger partial charge in [0.2, 0.25) is 11.9 Å². The van der Waals surface area contributed by atoms with Gasteiger partial charge < -0.3 is 21.7 Å². The Morgan fingerprint density at radius 3 is 2.44 bits per heavy atom. The number of amides is 1. The Hall–Kier alpha value is -2.05. The van der Waals surface area contributed by atoms with Crippen molar-refractivity contribution in [2.45, 2.75) is 19.8 Å². The maximum atomic E-state index is 11.1. The van der Waals surface area contributed by atoms with Gasteiger partial charge in [-0.2, -0.15) is 9.97 Å². The summed E-state index contributed by atoms with van der Waals surface area (Å²) in [6, 6.07) is 1.77. The van der Waals surface area contributed by atoms with Gasteiger partial charge in [0.25, 0.3) is 0 Å². The van der Waals surface area contributed by atoms with Crippen molar-refractivity contribution in [2.24, 2.45) is 0 Å². The molecular formula is C11H20N6O. The molecule has 5 N–H and O–H groups in total. The standard InChI is InChI=1S/C11H20N6O/c1-3-5-14-8-7-9(17-11(12)16-8)15-6-4-10(18)13-2/h7H,3-6H2,1-2H3,(H,13,18)(H4,12,14,15,16,17). The van der Waals surface area contributed by atoms with Gasteiger partial charge in [-0.05, 0) is 6.42 Å². The molecule has 1 heterocycles. The number of nitrogen functional groups attached to an aromatic ring is 1. The molecule has 0 spiro atoms. The van der Waals surface area contributed by atoms with Gasteiger partial charge in [0.05, 0.1) is 0 Å². The van der Waals surface area contributed by atoms with Gasteiger partial charge in [0, 0.05) is 32.6 Å². The van der Waals surface area contributed by atoms with Crippen molar-refractivity contribution < 1.29 is 4.79 Å². The zero-order valence-corrected chi connectivity index (χ0v) is 10.8. The SMILES string of the molecule is CCCNc1cc(NCCC(=O)NC)nc(N)n1. The minimum absolute atomic E-state index is 0.0196. The van der Waals surface area contributed by atoms with E-state index in [1.165, 1.54) is 0 Å². The van der Waals surface area contributed by atoms with E-state index in [-0.39, 0.29) is 11.9 Å². The topological polar surface area (TPSA) is 105 Å². The van der Waals surface area contributed by atoms with Crippen molar-refractivity contribution in [3.63, 3.8) is 0 Å². The number of carbonyl (C=O) groups excluding carboxylic acids is 1. The van der Waals surface area contributed by atoms with Crippen molar-refractivity contribution in [3.8, 4) is 0 Å². The second-order valence-corrected chi connectivity index (χ2v) is 3.77. The van der Waals surface area contributed by atoms with Crippen molar-refractivity contribution in [3.05, 3.63) is 6.07 Å². The number of nitrogens with two attached hydrogens (primary N) is 1. The number of nitrogens with one attached hydrogen (secondary N) is 3. The molecule has 7 nitrogen and oxygen atoms in total. The van der Waals surface area contributed by atoms with E-state index in [0.717, 1.165) is 13.0 Å². The number of hydrogen-bond donors (Lipinski definition) is 4. The van der Waals surface area contributed by atoms with Crippen molar-refractivity contribution >= 4 is 23.5 Å². The largest absolute Gasteiger partial charge is 0.370 e. The molecule has 0 saturated carbocycles. The Balaban J connectivity index is 2.54. The fraction of sp³-hybridized carbons (Fsp3) is 0.545. The Kier molecular flexibility index (Phi) is 5.69. The fourth-order valence-electron chi connectivity index (χ4n) is 1.33. The lowest BCUT2D eigenvalue weighted by Crippen LogP contribution is -2.21. The predicted octanol–water partition coefficient (Wildman–Crippen LogP) is 0.429. The number of aromatic nitrogens is 2. The summed E-state index contributed by atoms with van der Waals surface area (Å²) in [6.07, 6.45) is 1.39. The molecular weight excluding hydrogens is 232 g/mol. The van der Waals surface area contributed by atoms with Gasteiger partial charge in [-0.15, -0.1) is 0 Å². The average Bonchev–Trinajstić information content (AvgIpc) is 2.35. The summed E-state index contributed by atoms with van der Waals surface area (Å²) in [5.41, 5.74) is 5.61. The third-order valence-electron chi connectivity index (χ3n) is 2.24. The quantitative estimate of drug-likeness (QED) is 0.561. The lowest BCUT2D eigenvalue weighted by atomic mass is 10.4. The first-order valence-electron chi connectivity index (χ1n) is 5.98. The fourth-order valence-corrected chi connectivity index (χ4v) is 1.33. The maximum absolute atomic E-state index is 11.1. The third kappa shape index (κ3) is 4.86. The second-order valence-electron chi connectivity index (χ2n) is 3.77. The number of hydrogen-bond acceptors (Lipinski definition) is 6. The summed E-state index contributed by atoms with van der Waals surface area (Å²) in [5.74, 6) is 1.49. The van der Waals surface area contributed by atoms with Crippen LogP contribution < -0.4 is 21.7 Å². The lowest BCUT2D eigenvalue weighted by Gasteiger charge is -2.09. The van der Waals surface area contributed by atoms with E-state index in [9.17, 15) is 4.79 Å². The molecule has 0 saturated heterocycles. The van der Waals surface area contributed by atoms with E-state index in [1.807, 2.05) is 0 Å². The third-order valence-corrected chi connectivity index (χ3v) is 2.24. The van der Waals surface area contributed by atoms with Gasteiger partial charge in [-0.1, -0.05) is 6.92 Å². The van der Waals surface area contributed by atoms with Crippen LogP contribution in [0.4, 0.5) is 17.6 Å². The van der Waals surface area contributed by atoms with Crippen LogP contribution in [-0.4, -0.2) is 36.0 Å². The summed E-state index contributed by atoms with van der Waals surface area (Å²) < 4.78 is 0. The zero-order valence-electron chi connectivity index (χ0n) is 10.8. The molecule has 0 aliphatic heterocycles. The maximum Gasteiger partial charge on any atom is 0.223 e. The monoisotopic (exact) mass is 252 g/mol. The van der Waals surface area contributed by atoms with Gasteiger partial charge in [0.15, 0.2) is 0 Å². The summed E-state index contributed by atoms with van der Waals surface area (Å²) in [4.78, 5) is 19.2. The van der Waals surface area contributed by atoms with Crippen LogP contribution >= 0.6 is 0 Å². The minimum atomic E-state index is -0.0196. The van der Waals surface area contributed by atoms with Gasteiger partial charge >= 0.3 is 0 Å². The van der Waals surface area contributed by atoms with Crippen LogP contribution in [0, 0.1) is 0 Å². The van der Waals surface area contributed by atoms with Crippen molar-refractivity contribution in [1.82, 2.24) is 15.3 Å². The van der Waals surface area contributed by atoms with Crippen LogP contribution in [0.5, 0.6) is 0 Å². The predicted molar refractivity (Wildman–Crippen MR) is 72.4 cm³/mol. The number of anilines is 3. The van der Waals surface area contributed by atoms with Crippen LogP contribution in [0.2, 0.25) is 0 Å². The van der Waals surface area contributed by atoms with Crippen molar-refractivity contribution in [1.29, 1.82) is 0 Å². The first-order valence-corrected chi connectivity index (χ1v) is 5.98. The minimum Gasteiger partial charge on any atom is -0.370 e. The lowest BCUT2D eigenvalue weighted by molar-refractivity contribution is -0.120. The first kappa shape index (κ1) is 14.0. The molecule has 0 fully saturated rings. The molecule has 0 atom stereocenters. The zero-order chi connectivity index (χ0) is 13.4. The Bertz CT molecular complexity index is 395. The van der Waals surface area contributed by atoms with Crippen LogP contribution in [0.3, 0.4) is 0 Å². The molecule has 1 aromatic rings. The number of rotatable bonds is 7. The highest BCUT2D eigenvalue weighted by molar-refractivity contribution is 5.76. The van der Waals surface area contributed by atoms with Crippen LogP contribution in [0.25, 0.3) is 0 Å². The highest BCUT2D eigenvalue weighted by Gasteiger charge is 2.02. The molecule has 1 rings (SSSR count). The average molecular weight is 252 g/mol. The van der Waals surface area contributed by atoms with Crippen molar-refractivity contribution in [2.75, 3.05) is 36.5 Å². The Morgan fingerprint density at radius 1 is 1.28 bits per heavy atom. The number of nitrogens with zero attached hydrogens (tertiary/aromatic N) is 2. The molecule has 100 valence electrons. The molecule has 0 aliphatic rings. The highest BCUT2D eigenvalue weighted by atomic mass is 16.1. The van der Waals surface area contributed by atoms with Gasteiger partial charge in [-0.25, -0.2) is 0 Å². The molecule has 1 aromatic heterocycles. The van der Waals surface area contributed by atoms with Crippen LogP contribution in [-0.2, 0) is 4.79 Å². The van der Waals surface area contributed by atoms with E-state index in [2.05, 4.69) is 32.8 Å². The molecule has 18 heavy (non-hydrogen) atoms. The highest BCUT2D eigenvalue weighted by Crippen LogP contribution is 2.12. The smallest absolute Gasteiger partial charge is 0.223 e. The molecule has 0 aromatic carbocycles. The van der Waals surface area contributed by atoms with Crippen LogP contribution in [0.15, 0.2) is 6.07 Å². The first-order chi connectivity index (χ1) is 8.65. The Labute approximate surface area is 107 Å². The molecule has 0 bridgehead atoms. The molecule has 0 radical (unpaired) electrons. The summed E-state index contributed by atoms with van der Waals surface area (Å²) >= 11 is 0. The van der Waals surface area contributed by atoms with E-state index in [1.54, 1.807) is 13.1 Å². The Morgan fingerprint density at radius 2 is 1.89 bits per heavy atom. The summed E-state index contributed by atoms with van der Waals surface area (Å²) in [7, 11) is 1.61.